The molecule has 7 atom stereocenters. The van der Waals surface area contributed by atoms with E-state index in [-0.39, 0.29) is 0 Å². The SMILES string of the molecule is CC(C)[C@@H](C)/C=C/[C@@H](C)[C@H]1CC[C@H]2/C(=C/C=C3/C[C@@H](O[Si](C)(C)CCl)CC[C@H]3C)CCC[C@]12C. The smallest absolute Gasteiger partial charge is 0.201 e. The van der Waals surface area contributed by atoms with Crippen molar-refractivity contribution in [2.45, 2.75) is 112 Å². The molecule has 3 aliphatic rings. The van der Waals surface area contributed by atoms with Gasteiger partial charge in [0.2, 0.25) is 8.32 Å². The molecule has 0 N–H and O–H groups in total. The summed E-state index contributed by atoms with van der Waals surface area (Å²) >= 11 is 6.20. The van der Waals surface area contributed by atoms with Crippen LogP contribution in [0.15, 0.2) is 35.5 Å². The van der Waals surface area contributed by atoms with Crippen molar-refractivity contribution in [1.29, 1.82) is 0 Å². The second-order valence-electron chi connectivity index (χ2n) is 13.2. The Morgan fingerprint density at radius 3 is 2.41 bits per heavy atom. The molecule has 0 bridgehead atoms. The molecule has 34 heavy (non-hydrogen) atoms. The molecule has 0 aliphatic heterocycles. The minimum atomic E-state index is -1.72. The first-order chi connectivity index (χ1) is 16.0. The van der Waals surface area contributed by atoms with Crippen LogP contribution >= 0.6 is 11.6 Å². The molecule has 0 saturated heterocycles. The molecular formula is C31H53ClOSi. The van der Waals surface area contributed by atoms with Gasteiger partial charge in [-0.25, -0.2) is 0 Å². The molecule has 0 spiro atoms. The van der Waals surface area contributed by atoms with Gasteiger partial charge in [-0.15, -0.1) is 11.6 Å². The Morgan fingerprint density at radius 2 is 1.74 bits per heavy atom. The lowest BCUT2D eigenvalue weighted by Gasteiger charge is -2.44. The van der Waals surface area contributed by atoms with Crippen LogP contribution in [-0.4, -0.2) is 19.9 Å². The lowest BCUT2D eigenvalue weighted by molar-refractivity contribution is 0.112. The van der Waals surface area contributed by atoms with Crippen LogP contribution in [0.4, 0.5) is 0 Å². The standard InChI is InChI=1S/C31H53ClOSi/c1-22(2)23(3)11-12-25(5)29-17-18-30-26(10-9-19-31(29,30)6)14-15-27-20-28(16-13-24(27)4)33-34(7,8)21-32/h11-12,14-15,22-25,28-30H,9-10,13,16-21H2,1-8H3/b12-11+,26-14+,27-15-/t23-,24+,25+,28-,29+,30-,31+/m0/s1. The number of hydrogen-bond donors (Lipinski definition) is 0. The Kier molecular flexibility index (Phi) is 9.83. The van der Waals surface area contributed by atoms with Crippen molar-refractivity contribution in [2.24, 2.45) is 40.9 Å². The van der Waals surface area contributed by atoms with Gasteiger partial charge in [-0.3, -0.25) is 0 Å². The van der Waals surface area contributed by atoms with Gasteiger partial charge in [0.15, 0.2) is 0 Å². The first-order valence-corrected chi connectivity index (χ1v) is 17.9. The molecule has 0 amide bonds. The van der Waals surface area contributed by atoms with Crippen molar-refractivity contribution in [3.05, 3.63) is 35.5 Å². The van der Waals surface area contributed by atoms with Crippen molar-refractivity contribution in [2.75, 3.05) is 5.50 Å². The number of rotatable bonds is 8. The van der Waals surface area contributed by atoms with E-state index in [4.69, 9.17) is 16.0 Å². The second kappa shape index (κ2) is 11.8. The zero-order chi connectivity index (χ0) is 25.1. The fraction of sp³-hybridized carbons (Fsp3) is 0.806. The van der Waals surface area contributed by atoms with E-state index in [0.29, 0.717) is 34.8 Å². The summed E-state index contributed by atoms with van der Waals surface area (Å²) < 4.78 is 6.52. The first kappa shape index (κ1) is 28.3. The van der Waals surface area contributed by atoms with Gasteiger partial charge in [0.25, 0.3) is 0 Å². The van der Waals surface area contributed by atoms with Crippen LogP contribution in [0.2, 0.25) is 13.1 Å². The fourth-order valence-corrected chi connectivity index (χ4v) is 8.42. The van der Waals surface area contributed by atoms with Gasteiger partial charge < -0.3 is 4.43 Å². The lowest BCUT2D eigenvalue weighted by atomic mass is 9.61. The summed E-state index contributed by atoms with van der Waals surface area (Å²) in [4.78, 5) is 0. The summed E-state index contributed by atoms with van der Waals surface area (Å²) in [6, 6.07) is 0. The normalized spacial score (nSPS) is 37.0. The topological polar surface area (TPSA) is 9.23 Å². The maximum Gasteiger partial charge on any atom is 0.201 e. The zero-order valence-electron chi connectivity index (χ0n) is 23.5. The Morgan fingerprint density at radius 1 is 1.03 bits per heavy atom. The van der Waals surface area contributed by atoms with Crippen LogP contribution in [0.1, 0.15) is 92.9 Å². The van der Waals surface area contributed by atoms with E-state index in [9.17, 15) is 0 Å². The third-order valence-corrected chi connectivity index (χ3v) is 13.3. The van der Waals surface area contributed by atoms with E-state index in [0.717, 1.165) is 24.2 Å². The number of allylic oxidation sites excluding steroid dienone is 5. The van der Waals surface area contributed by atoms with E-state index in [1.54, 1.807) is 11.1 Å². The van der Waals surface area contributed by atoms with E-state index in [2.05, 4.69) is 78.9 Å². The molecule has 0 aromatic carbocycles. The van der Waals surface area contributed by atoms with Gasteiger partial charge in [0, 0.05) is 11.6 Å². The van der Waals surface area contributed by atoms with Gasteiger partial charge >= 0.3 is 0 Å². The third-order valence-electron chi connectivity index (χ3n) is 9.78. The number of hydrogen-bond acceptors (Lipinski definition) is 1. The predicted molar refractivity (Wildman–Crippen MR) is 153 cm³/mol. The van der Waals surface area contributed by atoms with Crippen LogP contribution < -0.4 is 0 Å². The summed E-state index contributed by atoms with van der Waals surface area (Å²) in [6.07, 6.45) is 20.8. The average Bonchev–Trinajstić information content (AvgIpc) is 3.14. The average molecular weight is 505 g/mol. The molecule has 0 aromatic heterocycles. The maximum atomic E-state index is 6.52. The van der Waals surface area contributed by atoms with Gasteiger partial charge in [-0.2, -0.15) is 0 Å². The summed E-state index contributed by atoms with van der Waals surface area (Å²) in [5.41, 5.74) is 4.49. The summed E-state index contributed by atoms with van der Waals surface area (Å²) in [7, 11) is -1.72. The molecule has 3 heteroatoms. The van der Waals surface area contributed by atoms with Gasteiger partial charge in [0.05, 0.1) is 0 Å². The van der Waals surface area contributed by atoms with Crippen LogP contribution in [0.3, 0.4) is 0 Å². The Labute approximate surface area is 218 Å². The largest absolute Gasteiger partial charge is 0.413 e. The summed E-state index contributed by atoms with van der Waals surface area (Å²) in [5, 5.41) is 0. The van der Waals surface area contributed by atoms with E-state index < -0.39 is 8.32 Å². The van der Waals surface area contributed by atoms with Crippen molar-refractivity contribution in [1.82, 2.24) is 0 Å². The van der Waals surface area contributed by atoms with Crippen molar-refractivity contribution >= 4 is 19.9 Å². The summed E-state index contributed by atoms with van der Waals surface area (Å²) in [6.45, 7) is 19.1. The number of halogens is 1. The molecule has 3 aliphatic carbocycles. The molecule has 3 fully saturated rings. The molecule has 0 unspecified atom stereocenters. The maximum absolute atomic E-state index is 6.52. The van der Waals surface area contributed by atoms with Crippen LogP contribution in [0, 0.1) is 40.9 Å². The minimum absolute atomic E-state index is 0.370. The molecule has 1 nitrogen and oxygen atoms in total. The molecule has 194 valence electrons. The Balaban J connectivity index is 1.72. The highest BCUT2D eigenvalue weighted by atomic mass is 35.5. The molecular weight excluding hydrogens is 452 g/mol. The first-order valence-electron chi connectivity index (χ1n) is 14.3. The second-order valence-corrected chi connectivity index (χ2v) is 18.1. The highest BCUT2D eigenvalue weighted by Gasteiger charge is 2.50. The van der Waals surface area contributed by atoms with E-state index >= 15 is 0 Å². The fourth-order valence-electron chi connectivity index (χ4n) is 7.07. The molecule has 3 saturated carbocycles. The van der Waals surface area contributed by atoms with Gasteiger partial charge in [-0.05, 0) is 105 Å². The van der Waals surface area contributed by atoms with Crippen molar-refractivity contribution < 1.29 is 4.43 Å². The molecule has 0 aromatic rings. The van der Waals surface area contributed by atoms with Crippen molar-refractivity contribution in [3.8, 4) is 0 Å². The highest BCUT2D eigenvalue weighted by molar-refractivity contribution is 6.77. The molecule has 3 rings (SSSR count). The van der Waals surface area contributed by atoms with Gasteiger partial charge in [-0.1, -0.05) is 77.0 Å². The third kappa shape index (κ3) is 6.71. The van der Waals surface area contributed by atoms with E-state index in [1.165, 1.54) is 44.9 Å². The van der Waals surface area contributed by atoms with Crippen molar-refractivity contribution in [3.63, 3.8) is 0 Å². The zero-order valence-corrected chi connectivity index (χ0v) is 25.3. The number of alkyl halides is 1. The monoisotopic (exact) mass is 504 g/mol. The highest BCUT2D eigenvalue weighted by Crippen LogP contribution is 2.59. The Bertz CT molecular complexity index is 765. The molecule has 0 radical (unpaired) electrons. The van der Waals surface area contributed by atoms with Gasteiger partial charge in [0.1, 0.15) is 0 Å². The number of fused-ring (bicyclic) bond motifs is 1. The molecule has 0 heterocycles. The minimum Gasteiger partial charge on any atom is -0.413 e. The van der Waals surface area contributed by atoms with E-state index in [1.807, 2.05) is 0 Å². The lowest BCUT2D eigenvalue weighted by Crippen LogP contribution is -2.39. The summed E-state index contributed by atoms with van der Waals surface area (Å²) in [5.74, 6) is 4.34. The Hall–Kier alpha value is -0.313. The van der Waals surface area contributed by atoms with Crippen LogP contribution in [0.5, 0.6) is 0 Å². The quantitative estimate of drug-likeness (QED) is 0.181. The predicted octanol–water partition coefficient (Wildman–Crippen LogP) is 9.73. The van der Waals surface area contributed by atoms with Crippen LogP contribution in [-0.2, 0) is 4.43 Å². The van der Waals surface area contributed by atoms with Crippen LogP contribution in [0.25, 0.3) is 0 Å².